The Labute approximate surface area is 129 Å². The third-order valence-electron chi connectivity index (χ3n) is 2.50. The van der Waals surface area contributed by atoms with Gasteiger partial charge in [-0.15, -0.1) is 0 Å². The number of alkyl carbamates (subject to hydrolysis) is 1. The summed E-state index contributed by atoms with van der Waals surface area (Å²) in [5.74, 6) is -0.616. The number of hydrogen-bond acceptors (Lipinski definition) is 5. The minimum atomic E-state index is -1.05. The van der Waals surface area contributed by atoms with Crippen molar-refractivity contribution < 1.29 is 24.2 Å². The molecule has 1 rings (SSSR count). The van der Waals surface area contributed by atoms with Crippen molar-refractivity contribution in [2.24, 2.45) is 0 Å². The van der Waals surface area contributed by atoms with Crippen LogP contribution in [0.25, 0.3) is 0 Å². The van der Waals surface area contributed by atoms with Crippen molar-refractivity contribution >= 4 is 17.7 Å². The van der Waals surface area contributed by atoms with Gasteiger partial charge in [0.15, 0.2) is 0 Å². The van der Waals surface area contributed by atoms with E-state index in [0.29, 0.717) is 11.4 Å². The molecule has 0 saturated heterocycles. The SMILES string of the molecule is CC(C)(C)OC(=O)N[C@@H](COc1ccccc1N)CC(=O)O. The number of nitrogens with two attached hydrogens (primary N) is 1. The Balaban J connectivity index is 2.63. The van der Waals surface area contributed by atoms with Crippen LogP contribution in [0.15, 0.2) is 24.3 Å². The first kappa shape index (κ1) is 17.6. The number of ether oxygens (including phenoxy) is 2. The zero-order chi connectivity index (χ0) is 16.8. The average molecular weight is 310 g/mol. The summed E-state index contributed by atoms with van der Waals surface area (Å²) in [4.78, 5) is 22.6. The van der Waals surface area contributed by atoms with Gasteiger partial charge in [0, 0.05) is 0 Å². The zero-order valence-corrected chi connectivity index (χ0v) is 13.0. The van der Waals surface area contributed by atoms with Gasteiger partial charge in [0.05, 0.1) is 18.2 Å². The molecule has 0 aromatic heterocycles. The molecule has 4 N–H and O–H groups in total. The monoisotopic (exact) mass is 310 g/mol. The molecule has 1 aromatic carbocycles. The van der Waals surface area contributed by atoms with E-state index in [2.05, 4.69) is 5.32 Å². The van der Waals surface area contributed by atoms with Crippen LogP contribution in [0.2, 0.25) is 0 Å². The molecule has 0 bridgehead atoms. The van der Waals surface area contributed by atoms with Crippen LogP contribution >= 0.6 is 0 Å². The van der Waals surface area contributed by atoms with E-state index < -0.39 is 23.7 Å². The number of para-hydroxylation sites is 2. The third-order valence-corrected chi connectivity index (χ3v) is 2.50. The molecule has 1 amide bonds. The number of carbonyl (C=O) groups is 2. The van der Waals surface area contributed by atoms with Crippen LogP contribution in [-0.2, 0) is 9.53 Å². The molecule has 7 nitrogen and oxygen atoms in total. The van der Waals surface area contributed by atoms with Gasteiger partial charge in [-0.2, -0.15) is 0 Å². The molecule has 7 heteroatoms. The number of hydrogen-bond donors (Lipinski definition) is 3. The summed E-state index contributed by atoms with van der Waals surface area (Å²) in [6.07, 6.45) is -0.977. The van der Waals surface area contributed by atoms with E-state index in [1.807, 2.05) is 0 Å². The van der Waals surface area contributed by atoms with Gasteiger partial charge < -0.3 is 25.6 Å². The Morgan fingerprint density at radius 1 is 1.32 bits per heavy atom. The Morgan fingerprint density at radius 3 is 2.50 bits per heavy atom. The van der Waals surface area contributed by atoms with Gasteiger partial charge in [0.2, 0.25) is 0 Å². The van der Waals surface area contributed by atoms with Crippen LogP contribution in [0.3, 0.4) is 0 Å². The van der Waals surface area contributed by atoms with Crippen molar-refractivity contribution in [3.05, 3.63) is 24.3 Å². The lowest BCUT2D eigenvalue weighted by Crippen LogP contribution is -2.43. The maximum atomic E-state index is 11.7. The molecule has 0 saturated carbocycles. The topological polar surface area (TPSA) is 111 Å². The number of carboxylic acids is 1. The lowest BCUT2D eigenvalue weighted by Gasteiger charge is -2.23. The summed E-state index contributed by atoms with van der Waals surface area (Å²) in [6, 6.07) is 6.12. The van der Waals surface area contributed by atoms with Crippen molar-refractivity contribution in [3.63, 3.8) is 0 Å². The summed E-state index contributed by atoms with van der Waals surface area (Å²) in [5.41, 5.74) is 5.51. The molecule has 0 fully saturated rings. The maximum Gasteiger partial charge on any atom is 0.408 e. The Hall–Kier alpha value is -2.44. The fraction of sp³-hybridized carbons (Fsp3) is 0.467. The fourth-order valence-corrected chi connectivity index (χ4v) is 1.64. The normalized spacial score (nSPS) is 12.3. The van der Waals surface area contributed by atoms with Crippen molar-refractivity contribution in [1.29, 1.82) is 0 Å². The first-order valence-electron chi connectivity index (χ1n) is 6.86. The number of anilines is 1. The summed E-state index contributed by atoms with van der Waals surface area (Å²) >= 11 is 0. The molecular formula is C15H22N2O5. The fourth-order valence-electron chi connectivity index (χ4n) is 1.64. The van der Waals surface area contributed by atoms with E-state index in [9.17, 15) is 9.59 Å². The molecule has 0 spiro atoms. The number of nitrogen functional groups attached to an aromatic ring is 1. The molecule has 1 atom stereocenters. The molecule has 0 unspecified atom stereocenters. The first-order valence-corrected chi connectivity index (χ1v) is 6.86. The van der Waals surface area contributed by atoms with Gasteiger partial charge in [-0.05, 0) is 32.9 Å². The summed E-state index contributed by atoms with van der Waals surface area (Å²) in [5, 5.41) is 11.4. The first-order chi connectivity index (χ1) is 10.2. The predicted molar refractivity (Wildman–Crippen MR) is 81.8 cm³/mol. The standard InChI is InChI=1S/C15H22N2O5/c1-15(2,3)22-14(20)17-10(8-13(18)19)9-21-12-7-5-4-6-11(12)16/h4-7,10H,8-9,16H2,1-3H3,(H,17,20)(H,18,19)/t10-/m1/s1. The smallest absolute Gasteiger partial charge is 0.408 e. The van der Waals surface area contributed by atoms with Crippen molar-refractivity contribution in [2.45, 2.75) is 38.8 Å². The molecule has 0 aliphatic heterocycles. The van der Waals surface area contributed by atoms with E-state index in [4.69, 9.17) is 20.3 Å². The lowest BCUT2D eigenvalue weighted by atomic mass is 10.2. The van der Waals surface area contributed by atoms with Crippen LogP contribution in [0.1, 0.15) is 27.2 Å². The minimum Gasteiger partial charge on any atom is -0.489 e. The molecule has 122 valence electrons. The summed E-state index contributed by atoms with van der Waals surface area (Å²) in [7, 11) is 0. The molecule has 0 radical (unpaired) electrons. The van der Waals surface area contributed by atoms with Gasteiger partial charge in [0.1, 0.15) is 18.0 Å². The van der Waals surface area contributed by atoms with Crippen LogP contribution in [-0.4, -0.2) is 35.4 Å². The Kier molecular flexibility index (Phi) is 6.03. The summed E-state index contributed by atoms with van der Waals surface area (Å²) in [6.45, 7) is 5.14. The summed E-state index contributed by atoms with van der Waals surface area (Å²) < 4.78 is 10.6. The quantitative estimate of drug-likeness (QED) is 0.693. The largest absolute Gasteiger partial charge is 0.489 e. The maximum absolute atomic E-state index is 11.7. The second-order valence-electron chi connectivity index (χ2n) is 5.79. The molecule has 0 aliphatic carbocycles. The zero-order valence-electron chi connectivity index (χ0n) is 13.0. The van der Waals surface area contributed by atoms with Crippen LogP contribution in [0.4, 0.5) is 10.5 Å². The van der Waals surface area contributed by atoms with Gasteiger partial charge in [0.25, 0.3) is 0 Å². The van der Waals surface area contributed by atoms with Crippen LogP contribution in [0, 0.1) is 0 Å². The van der Waals surface area contributed by atoms with E-state index in [1.54, 1.807) is 45.0 Å². The number of rotatable bonds is 6. The molecule has 22 heavy (non-hydrogen) atoms. The Morgan fingerprint density at radius 2 is 1.95 bits per heavy atom. The number of amides is 1. The third kappa shape index (κ3) is 6.83. The highest BCUT2D eigenvalue weighted by molar-refractivity contribution is 5.71. The second-order valence-corrected chi connectivity index (χ2v) is 5.79. The second kappa shape index (κ2) is 7.53. The van der Waals surface area contributed by atoms with Gasteiger partial charge in [-0.3, -0.25) is 4.79 Å². The highest BCUT2D eigenvalue weighted by Crippen LogP contribution is 2.20. The molecule has 1 aromatic rings. The van der Waals surface area contributed by atoms with Crippen molar-refractivity contribution in [2.75, 3.05) is 12.3 Å². The number of nitrogens with one attached hydrogen (secondary N) is 1. The number of carboxylic acid groups (broad SMARTS) is 1. The number of carbonyl (C=O) groups excluding carboxylic acids is 1. The van der Waals surface area contributed by atoms with E-state index in [1.165, 1.54) is 0 Å². The molecule has 0 aliphatic rings. The van der Waals surface area contributed by atoms with Gasteiger partial charge >= 0.3 is 12.1 Å². The number of benzene rings is 1. The van der Waals surface area contributed by atoms with Crippen LogP contribution < -0.4 is 15.8 Å². The predicted octanol–water partition coefficient (Wildman–Crippen LogP) is 2.02. The minimum absolute atomic E-state index is 0.0280. The van der Waals surface area contributed by atoms with E-state index in [0.717, 1.165) is 0 Å². The Bertz CT molecular complexity index is 525. The highest BCUT2D eigenvalue weighted by Gasteiger charge is 2.22. The molecular weight excluding hydrogens is 288 g/mol. The van der Waals surface area contributed by atoms with E-state index in [-0.39, 0.29) is 13.0 Å². The lowest BCUT2D eigenvalue weighted by molar-refractivity contribution is -0.137. The average Bonchev–Trinajstić information content (AvgIpc) is 2.34. The molecule has 0 heterocycles. The van der Waals surface area contributed by atoms with Gasteiger partial charge in [-0.25, -0.2) is 4.79 Å². The number of aliphatic carboxylic acids is 1. The van der Waals surface area contributed by atoms with Crippen molar-refractivity contribution in [3.8, 4) is 5.75 Å². The van der Waals surface area contributed by atoms with Crippen LogP contribution in [0.5, 0.6) is 5.75 Å². The van der Waals surface area contributed by atoms with Crippen molar-refractivity contribution in [1.82, 2.24) is 5.32 Å². The highest BCUT2D eigenvalue weighted by atomic mass is 16.6. The van der Waals surface area contributed by atoms with E-state index >= 15 is 0 Å². The van der Waals surface area contributed by atoms with Gasteiger partial charge in [-0.1, -0.05) is 12.1 Å².